The lowest BCUT2D eigenvalue weighted by Gasteiger charge is -2.18. The number of ether oxygens (including phenoxy) is 1. The van der Waals surface area contributed by atoms with Gasteiger partial charge in [-0.2, -0.15) is 0 Å². The van der Waals surface area contributed by atoms with Gasteiger partial charge in [-0.25, -0.2) is 14.5 Å². The molecule has 0 saturated carbocycles. The van der Waals surface area contributed by atoms with Crippen LogP contribution in [0.2, 0.25) is 0 Å². The number of imide groups is 1. The maximum atomic E-state index is 12.1. The predicted octanol–water partition coefficient (Wildman–Crippen LogP) is 0.394. The Morgan fingerprint density at radius 3 is 2.61 bits per heavy atom. The quantitative estimate of drug-likeness (QED) is 0.768. The topological polar surface area (TPSA) is 75.7 Å². The third-order valence-electron chi connectivity index (χ3n) is 2.69. The van der Waals surface area contributed by atoms with Crippen molar-refractivity contribution in [1.29, 1.82) is 0 Å². The molecule has 1 unspecified atom stereocenters. The molecule has 1 saturated heterocycles. The van der Waals surface area contributed by atoms with Gasteiger partial charge in [-0.3, -0.25) is 4.79 Å². The van der Waals surface area contributed by atoms with E-state index in [1.807, 2.05) is 0 Å². The van der Waals surface area contributed by atoms with Crippen LogP contribution in [0.25, 0.3) is 0 Å². The van der Waals surface area contributed by atoms with E-state index in [-0.39, 0.29) is 6.54 Å². The molecule has 1 aliphatic heterocycles. The molecule has 94 valence electrons. The fourth-order valence-corrected chi connectivity index (χ4v) is 1.78. The number of carbonyl (C=O) groups is 3. The van der Waals surface area contributed by atoms with Crippen molar-refractivity contribution in [3.05, 3.63) is 35.9 Å². The summed E-state index contributed by atoms with van der Waals surface area (Å²) in [5, 5.41) is 2.45. The lowest BCUT2D eigenvalue weighted by molar-refractivity contribution is -0.144. The van der Waals surface area contributed by atoms with Gasteiger partial charge in [0.05, 0.1) is 13.7 Å². The Bertz CT molecular complexity index is 486. The minimum absolute atomic E-state index is 0.0735. The second kappa shape index (κ2) is 4.87. The number of nitrogens with one attached hydrogen (secondary N) is 1. The van der Waals surface area contributed by atoms with Crippen LogP contribution < -0.4 is 5.32 Å². The number of hydrogen-bond acceptors (Lipinski definition) is 4. The van der Waals surface area contributed by atoms with Crippen LogP contribution in [0.4, 0.5) is 4.79 Å². The van der Waals surface area contributed by atoms with Crippen LogP contribution in [0.15, 0.2) is 30.3 Å². The first kappa shape index (κ1) is 12.1. The maximum absolute atomic E-state index is 12.1. The number of esters is 1. The Kier molecular flexibility index (Phi) is 3.27. The summed E-state index contributed by atoms with van der Waals surface area (Å²) in [7, 11) is 1.22. The van der Waals surface area contributed by atoms with E-state index in [0.717, 1.165) is 4.90 Å². The molecular weight excluding hydrogens is 236 g/mol. The van der Waals surface area contributed by atoms with E-state index in [0.29, 0.717) is 5.56 Å². The average Bonchev–Trinajstić information content (AvgIpc) is 2.80. The molecule has 1 heterocycles. The SMILES string of the molecule is COC(=O)C1CNC(=O)N1C(=O)c1ccccc1. The summed E-state index contributed by atoms with van der Waals surface area (Å²) in [5.74, 6) is -1.13. The number of nitrogens with zero attached hydrogens (tertiary/aromatic N) is 1. The monoisotopic (exact) mass is 248 g/mol. The highest BCUT2D eigenvalue weighted by atomic mass is 16.5. The van der Waals surface area contributed by atoms with Gasteiger partial charge in [-0.05, 0) is 12.1 Å². The molecule has 1 fully saturated rings. The van der Waals surface area contributed by atoms with Crippen molar-refractivity contribution in [2.75, 3.05) is 13.7 Å². The number of methoxy groups -OCH3 is 1. The van der Waals surface area contributed by atoms with Crippen LogP contribution in [0.5, 0.6) is 0 Å². The summed E-state index contributed by atoms with van der Waals surface area (Å²) in [6, 6.07) is 6.82. The molecule has 18 heavy (non-hydrogen) atoms. The summed E-state index contributed by atoms with van der Waals surface area (Å²) in [5.41, 5.74) is 0.350. The average molecular weight is 248 g/mol. The van der Waals surface area contributed by atoms with Crippen LogP contribution in [-0.4, -0.2) is 42.5 Å². The number of hydrogen-bond donors (Lipinski definition) is 1. The van der Waals surface area contributed by atoms with E-state index < -0.39 is 23.9 Å². The Labute approximate surface area is 104 Å². The lowest BCUT2D eigenvalue weighted by Crippen LogP contribution is -2.44. The standard InChI is InChI=1S/C12H12N2O4/c1-18-11(16)9-7-13-12(17)14(9)10(15)8-5-3-2-4-6-8/h2-6,9H,7H2,1H3,(H,13,17). The van der Waals surface area contributed by atoms with Gasteiger partial charge in [0.25, 0.3) is 5.91 Å². The summed E-state index contributed by atoms with van der Waals surface area (Å²) in [6.45, 7) is 0.0735. The number of carbonyl (C=O) groups excluding carboxylic acids is 3. The normalized spacial score (nSPS) is 18.4. The van der Waals surface area contributed by atoms with Gasteiger partial charge in [0.1, 0.15) is 0 Å². The van der Waals surface area contributed by atoms with E-state index in [1.54, 1.807) is 30.3 Å². The minimum Gasteiger partial charge on any atom is -0.467 e. The zero-order valence-corrected chi connectivity index (χ0v) is 9.75. The van der Waals surface area contributed by atoms with E-state index in [9.17, 15) is 14.4 Å². The van der Waals surface area contributed by atoms with Crippen molar-refractivity contribution >= 4 is 17.9 Å². The van der Waals surface area contributed by atoms with Gasteiger partial charge in [0.2, 0.25) is 0 Å². The van der Waals surface area contributed by atoms with Crippen molar-refractivity contribution in [1.82, 2.24) is 10.2 Å². The summed E-state index contributed by atoms with van der Waals surface area (Å²) in [4.78, 5) is 36.1. The van der Waals surface area contributed by atoms with Gasteiger partial charge in [0.15, 0.2) is 6.04 Å². The van der Waals surface area contributed by atoms with Gasteiger partial charge < -0.3 is 10.1 Å². The second-order valence-electron chi connectivity index (χ2n) is 3.77. The van der Waals surface area contributed by atoms with Crippen molar-refractivity contribution in [3.63, 3.8) is 0 Å². The van der Waals surface area contributed by atoms with Crippen LogP contribution >= 0.6 is 0 Å². The molecule has 2 rings (SSSR count). The molecule has 0 bridgehead atoms. The fraction of sp³-hybridized carbons (Fsp3) is 0.250. The summed E-state index contributed by atoms with van der Waals surface area (Å²) >= 11 is 0. The maximum Gasteiger partial charge on any atom is 0.331 e. The third-order valence-corrected chi connectivity index (χ3v) is 2.69. The smallest absolute Gasteiger partial charge is 0.331 e. The zero-order valence-electron chi connectivity index (χ0n) is 9.75. The molecule has 1 atom stereocenters. The third kappa shape index (κ3) is 2.04. The van der Waals surface area contributed by atoms with Gasteiger partial charge in [-0.15, -0.1) is 0 Å². The first-order chi connectivity index (χ1) is 8.65. The molecule has 1 aromatic carbocycles. The van der Waals surface area contributed by atoms with Gasteiger partial charge in [-0.1, -0.05) is 18.2 Å². The highest BCUT2D eigenvalue weighted by molar-refractivity contribution is 6.08. The molecule has 0 spiro atoms. The summed E-state index contributed by atoms with van der Waals surface area (Å²) in [6.07, 6.45) is 0. The van der Waals surface area contributed by atoms with Crippen LogP contribution in [0.3, 0.4) is 0 Å². The van der Waals surface area contributed by atoms with Gasteiger partial charge >= 0.3 is 12.0 Å². The molecule has 0 aliphatic carbocycles. The Balaban J connectivity index is 2.27. The van der Waals surface area contributed by atoms with E-state index >= 15 is 0 Å². The molecule has 1 N–H and O–H groups in total. The number of urea groups is 1. The molecule has 1 aromatic rings. The van der Waals surface area contributed by atoms with Crippen LogP contribution in [-0.2, 0) is 9.53 Å². The highest BCUT2D eigenvalue weighted by Gasteiger charge is 2.41. The van der Waals surface area contributed by atoms with Crippen LogP contribution in [0, 0.1) is 0 Å². The minimum atomic E-state index is -0.907. The first-order valence-electron chi connectivity index (χ1n) is 5.39. The molecule has 6 nitrogen and oxygen atoms in total. The van der Waals surface area contributed by atoms with Gasteiger partial charge in [0, 0.05) is 5.56 Å². The molecule has 3 amide bonds. The predicted molar refractivity (Wildman–Crippen MR) is 61.8 cm³/mol. The lowest BCUT2D eigenvalue weighted by atomic mass is 10.2. The summed E-state index contributed by atoms with van der Waals surface area (Å²) < 4.78 is 4.57. The fourth-order valence-electron chi connectivity index (χ4n) is 1.78. The number of rotatable bonds is 2. The van der Waals surface area contributed by atoms with Crippen molar-refractivity contribution in [2.45, 2.75) is 6.04 Å². The highest BCUT2D eigenvalue weighted by Crippen LogP contribution is 2.14. The molecule has 1 aliphatic rings. The molecular formula is C12H12N2O4. The first-order valence-corrected chi connectivity index (χ1v) is 5.39. The molecule has 0 radical (unpaired) electrons. The zero-order chi connectivity index (χ0) is 13.1. The number of benzene rings is 1. The van der Waals surface area contributed by atoms with Crippen molar-refractivity contribution in [3.8, 4) is 0 Å². The molecule has 0 aromatic heterocycles. The van der Waals surface area contributed by atoms with Crippen molar-refractivity contribution in [2.24, 2.45) is 0 Å². The van der Waals surface area contributed by atoms with E-state index in [4.69, 9.17) is 0 Å². The number of amides is 3. The largest absolute Gasteiger partial charge is 0.467 e. The van der Waals surface area contributed by atoms with E-state index in [1.165, 1.54) is 7.11 Å². The second-order valence-corrected chi connectivity index (χ2v) is 3.77. The molecule has 6 heteroatoms. The Morgan fingerprint density at radius 1 is 1.33 bits per heavy atom. The van der Waals surface area contributed by atoms with Crippen LogP contribution in [0.1, 0.15) is 10.4 Å². The van der Waals surface area contributed by atoms with E-state index in [2.05, 4.69) is 10.1 Å². The Morgan fingerprint density at radius 2 is 2.00 bits per heavy atom. The van der Waals surface area contributed by atoms with Crippen molar-refractivity contribution < 1.29 is 19.1 Å². The Hall–Kier alpha value is -2.37.